The van der Waals surface area contributed by atoms with Gasteiger partial charge in [0.1, 0.15) is 0 Å². The zero-order valence-electron chi connectivity index (χ0n) is 16.5. The van der Waals surface area contributed by atoms with Crippen molar-refractivity contribution in [3.63, 3.8) is 0 Å². The lowest BCUT2D eigenvalue weighted by Crippen LogP contribution is -2.43. The molecule has 1 fully saturated rings. The van der Waals surface area contributed by atoms with E-state index in [1.165, 1.54) is 0 Å². The highest BCUT2D eigenvalue weighted by molar-refractivity contribution is 6.39. The highest BCUT2D eigenvalue weighted by atomic mass is 35.5. The smallest absolute Gasteiger partial charge is 0.262 e. The standard InChI is InChI=1S/C23H26ClN3O/c1-4-26-13-11-17(12-14-26)25(3)18-9-10-21-19(15-18)16(2)23(28)27(21)22-8-6-5-7-20(22)24/h5-10,15,17H,2,4,11-14H2,1,3H3. The van der Waals surface area contributed by atoms with Crippen LogP contribution in [0.15, 0.2) is 49.0 Å². The Bertz CT molecular complexity index is 918. The van der Waals surface area contributed by atoms with Gasteiger partial charge in [-0.15, -0.1) is 0 Å². The predicted octanol–water partition coefficient (Wildman–Crippen LogP) is 4.95. The first-order valence-electron chi connectivity index (χ1n) is 9.88. The predicted molar refractivity (Wildman–Crippen MR) is 118 cm³/mol. The number of piperidine rings is 1. The molecule has 2 heterocycles. The molecule has 0 aliphatic carbocycles. The molecule has 0 radical (unpaired) electrons. The van der Waals surface area contributed by atoms with Gasteiger partial charge in [0.15, 0.2) is 0 Å². The maximum absolute atomic E-state index is 12.9. The summed E-state index contributed by atoms with van der Waals surface area (Å²) in [4.78, 5) is 19.4. The number of hydrogen-bond acceptors (Lipinski definition) is 3. The van der Waals surface area contributed by atoms with Gasteiger partial charge in [-0.3, -0.25) is 9.69 Å². The number of anilines is 3. The van der Waals surface area contributed by atoms with Crippen molar-refractivity contribution in [1.29, 1.82) is 0 Å². The van der Waals surface area contributed by atoms with Crippen molar-refractivity contribution in [2.75, 3.05) is 36.5 Å². The third kappa shape index (κ3) is 3.21. The Morgan fingerprint density at radius 1 is 1.14 bits per heavy atom. The summed E-state index contributed by atoms with van der Waals surface area (Å²) in [5, 5.41) is 0.556. The lowest BCUT2D eigenvalue weighted by Gasteiger charge is -2.37. The molecule has 2 aromatic carbocycles. The number of hydrogen-bond donors (Lipinski definition) is 0. The van der Waals surface area contributed by atoms with E-state index in [1.807, 2.05) is 24.3 Å². The van der Waals surface area contributed by atoms with E-state index >= 15 is 0 Å². The van der Waals surface area contributed by atoms with Crippen molar-refractivity contribution in [3.8, 4) is 0 Å². The topological polar surface area (TPSA) is 26.8 Å². The molecule has 0 bridgehead atoms. The molecule has 0 atom stereocenters. The van der Waals surface area contributed by atoms with Crippen LogP contribution in [-0.4, -0.2) is 43.5 Å². The molecule has 2 aromatic rings. The van der Waals surface area contributed by atoms with Crippen molar-refractivity contribution in [2.24, 2.45) is 0 Å². The summed E-state index contributed by atoms with van der Waals surface area (Å²) in [6, 6.07) is 14.1. The number of carbonyl (C=O) groups is 1. The van der Waals surface area contributed by atoms with Crippen molar-refractivity contribution >= 4 is 40.1 Å². The minimum Gasteiger partial charge on any atom is -0.371 e. The fourth-order valence-electron chi connectivity index (χ4n) is 4.25. The molecular weight excluding hydrogens is 370 g/mol. The fourth-order valence-corrected chi connectivity index (χ4v) is 4.47. The largest absolute Gasteiger partial charge is 0.371 e. The second-order valence-electron chi connectivity index (χ2n) is 7.55. The normalized spacial score (nSPS) is 17.9. The summed E-state index contributed by atoms with van der Waals surface area (Å²) in [5.41, 5.74) is 4.08. The second-order valence-corrected chi connectivity index (χ2v) is 7.96. The van der Waals surface area contributed by atoms with Gasteiger partial charge >= 0.3 is 0 Å². The van der Waals surface area contributed by atoms with Crippen LogP contribution in [0.4, 0.5) is 17.1 Å². The van der Waals surface area contributed by atoms with Gasteiger partial charge in [-0.25, -0.2) is 0 Å². The first-order valence-corrected chi connectivity index (χ1v) is 10.3. The third-order valence-corrected chi connectivity index (χ3v) is 6.38. The van der Waals surface area contributed by atoms with Gasteiger partial charge in [-0.1, -0.05) is 37.2 Å². The third-order valence-electron chi connectivity index (χ3n) is 6.06. The number of para-hydroxylation sites is 1. The quantitative estimate of drug-likeness (QED) is 0.685. The van der Waals surface area contributed by atoms with E-state index in [4.69, 9.17) is 11.6 Å². The van der Waals surface area contributed by atoms with E-state index in [9.17, 15) is 4.79 Å². The lowest BCUT2D eigenvalue weighted by molar-refractivity contribution is -0.112. The van der Waals surface area contributed by atoms with Crippen molar-refractivity contribution in [3.05, 3.63) is 59.6 Å². The van der Waals surface area contributed by atoms with Crippen LogP contribution in [0.5, 0.6) is 0 Å². The summed E-state index contributed by atoms with van der Waals surface area (Å²) >= 11 is 6.36. The molecule has 1 saturated heterocycles. The molecule has 2 aliphatic heterocycles. The monoisotopic (exact) mass is 395 g/mol. The number of carbonyl (C=O) groups excluding carboxylic acids is 1. The summed E-state index contributed by atoms with van der Waals surface area (Å²) in [6.45, 7) is 9.68. The zero-order valence-corrected chi connectivity index (χ0v) is 17.2. The van der Waals surface area contributed by atoms with Gasteiger partial charge in [-0.05, 0) is 49.7 Å². The molecule has 1 amide bonds. The molecule has 0 spiro atoms. The van der Waals surface area contributed by atoms with Crippen LogP contribution >= 0.6 is 11.6 Å². The van der Waals surface area contributed by atoms with Crippen LogP contribution in [0.25, 0.3) is 5.57 Å². The highest BCUT2D eigenvalue weighted by Gasteiger charge is 2.34. The molecule has 0 N–H and O–H groups in total. The van der Waals surface area contributed by atoms with Crippen molar-refractivity contribution < 1.29 is 4.79 Å². The molecule has 28 heavy (non-hydrogen) atoms. The molecule has 146 valence electrons. The maximum Gasteiger partial charge on any atom is 0.262 e. The molecule has 0 aromatic heterocycles. The van der Waals surface area contributed by atoms with Gasteiger partial charge in [-0.2, -0.15) is 0 Å². The first kappa shape index (κ1) is 19.0. The van der Waals surface area contributed by atoms with Crippen molar-refractivity contribution in [1.82, 2.24) is 4.90 Å². The van der Waals surface area contributed by atoms with Gasteiger partial charge < -0.3 is 9.80 Å². The highest BCUT2D eigenvalue weighted by Crippen LogP contribution is 2.44. The number of benzene rings is 2. The summed E-state index contributed by atoms with van der Waals surface area (Å²) in [7, 11) is 2.15. The van der Waals surface area contributed by atoms with Crippen LogP contribution < -0.4 is 9.80 Å². The van der Waals surface area contributed by atoms with Crippen molar-refractivity contribution in [2.45, 2.75) is 25.8 Å². The molecule has 2 aliphatic rings. The summed E-state index contributed by atoms with van der Waals surface area (Å²) in [6.07, 6.45) is 2.32. The van der Waals surface area contributed by atoms with E-state index in [1.54, 1.807) is 11.0 Å². The maximum atomic E-state index is 12.9. The number of rotatable bonds is 4. The molecular formula is C23H26ClN3O. The Hall–Kier alpha value is -2.30. The Balaban J connectivity index is 1.63. The number of halogens is 1. The van der Waals surface area contributed by atoms with Crippen LogP contribution in [-0.2, 0) is 4.79 Å². The number of amides is 1. The van der Waals surface area contributed by atoms with Gasteiger partial charge in [0.05, 0.1) is 16.4 Å². The van der Waals surface area contributed by atoms with E-state index in [0.29, 0.717) is 22.3 Å². The SMILES string of the molecule is C=C1C(=O)N(c2ccccc2Cl)c2ccc(N(C)C3CCN(CC)CC3)cc21. The van der Waals surface area contributed by atoms with Gasteiger partial charge in [0.25, 0.3) is 5.91 Å². The number of nitrogens with zero attached hydrogens (tertiary/aromatic N) is 3. The van der Waals surface area contributed by atoms with Crippen LogP contribution in [0.1, 0.15) is 25.3 Å². The van der Waals surface area contributed by atoms with Gasteiger partial charge in [0.2, 0.25) is 0 Å². The summed E-state index contributed by atoms with van der Waals surface area (Å²) < 4.78 is 0. The molecule has 0 saturated carbocycles. The van der Waals surface area contributed by atoms with E-state index in [-0.39, 0.29) is 5.91 Å². The fraction of sp³-hybridized carbons (Fsp3) is 0.348. The lowest BCUT2D eigenvalue weighted by atomic mass is 10.0. The zero-order chi connectivity index (χ0) is 19.8. The number of likely N-dealkylation sites (tertiary alicyclic amines) is 1. The van der Waals surface area contributed by atoms with Crippen LogP contribution in [0.2, 0.25) is 5.02 Å². The Morgan fingerprint density at radius 2 is 1.86 bits per heavy atom. The molecule has 0 unspecified atom stereocenters. The second kappa shape index (κ2) is 7.61. The average molecular weight is 396 g/mol. The molecule has 4 nitrogen and oxygen atoms in total. The minimum absolute atomic E-state index is 0.112. The van der Waals surface area contributed by atoms with E-state index in [2.05, 4.69) is 42.5 Å². The average Bonchev–Trinajstić information content (AvgIpc) is 2.98. The Morgan fingerprint density at radius 3 is 2.54 bits per heavy atom. The minimum atomic E-state index is -0.112. The summed E-state index contributed by atoms with van der Waals surface area (Å²) in [5.74, 6) is -0.112. The first-order chi connectivity index (χ1) is 13.5. The van der Waals surface area contributed by atoms with Gasteiger partial charge in [0, 0.05) is 43.0 Å². The van der Waals surface area contributed by atoms with E-state index < -0.39 is 0 Å². The molecule has 4 rings (SSSR count). The van der Waals surface area contributed by atoms with Crippen LogP contribution in [0, 0.1) is 0 Å². The van der Waals surface area contributed by atoms with Crippen LogP contribution in [0.3, 0.4) is 0 Å². The van der Waals surface area contributed by atoms with E-state index in [0.717, 1.165) is 49.4 Å². The number of fused-ring (bicyclic) bond motifs is 1. The Kier molecular flexibility index (Phi) is 5.17. The Labute approximate surface area is 172 Å². The molecule has 5 heteroatoms.